The molecule has 0 aliphatic rings. The number of amides is 2. The Bertz CT molecular complexity index is 958. The van der Waals surface area contributed by atoms with Crippen molar-refractivity contribution < 1.29 is 22.7 Å². The first-order valence-corrected chi connectivity index (χ1v) is 9.80. The first-order chi connectivity index (χ1) is 13.2. The minimum absolute atomic E-state index is 0.00757. The van der Waals surface area contributed by atoms with Crippen molar-refractivity contribution in [2.75, 3.05) is 31.2 Å². The van der Waals surface area contributed by atoms with Gasteiger partial charge in [0.25, 0.3) is 5.91 Å². The molecule has 0 unspecified atom stereocenters. The lowest BCUT2D eigenvalue weighted by atomic mass is 10.2. The molecule has 0 atom stereocenters. The number of rotatable bonds is 8. The second-order valence-corrected chi connectivity index (χ2v) is 7.58. The van der Waals surface area contributed by atoms with Crippen LogP contribution in [0.2, 0.25) is 0 Å². The number of hydrogen-bond acceptors (Lipinski definition) is 6. The molecule has 0 saturated carbocycles. The number of nitrogens with two attached hydrogens (primary N) is 1. The van der Waals surface area contributed by atoms with Gasteiger partial charge in [-0.05, 0) is 42.5 Å². The van der Waals surface area contributed by atoms with Gasteiger partial charge in [0.05, 0.1) is 17.7 Å². The van der Waals surface area contributed by atoms with Crippen LogP contribution in [0.15, 0.2) is 47.4 Å². The number of methoxy groups -OCH3 is 1. The molecule has 0 aliphatic carbocycles. The molecule has 9 nitrogen and oxygen atoms in total. The van der Waals surface area contributed by atoms with E-state index in [1.807, 2.05) is 0 Å². The van der Waals surface area contributed by atoms with Gasteiger partial charge in [0.15, 0.2) is 0 Å². The Balaban J connectivity index is 1.88. The van der Waals surface area contributed by atoms with Gasteiger partial charge >= 0.3 is 0 Å². The molecule has 5 N–H and O–H groups in total. The van der Waals surface area contributed by atoms with E-state index < -0.39 is 10.0 Å². The second kappa shape index (κ2) is 9.20. The van der Waals surface area contributed by atoms with E-state index in [9.17, 15) is 18.0 Å². The van der Waals surface area contributed by atoms with Crippen molar-refractivity contribution in [2.24, 2.45) is 0 Å². The van der Waals surface area contributed by atoms with Crippen molar-refractivity contribution in [3.05, 3.63) is 48.0 Å². The molecule has 0 aromatic heterocycles. The number of nitrogens with one attached hydrogen (secondary N) is 3. The molecule has 10 heteroatoms. The van der Waals surface area contributed by atoms with Crippen LogP contribution < -0.4 is 25.8 Å². The van der Waals surface area contributed by atoms with Gasteiger partial charge in [-0.25, -0.2) is 13.1 Å². The largest absolute Gasteiger partial charge is 0.495 e. The van der Waals surface area contributed by atoms with E-state index in [1.165, 1.54) is 44.4 Å². The Kier molecular flexibility index (Phi) is 6.96. The fourth-order valence-electron chi connectivity index (χ4n) is 2.32. The Morgan fingerprint density at radius 3 is 2.36 bits per heavy atom. The summed E-state index contributed by atoms with van der Waals surface area (Å²) in [4.78, 5) is 23.2. The molecule has 2 aromatic rings. The third-order valence-corrected chi connectivity index (χ3v) is 5.16. The molecule has 150 valence electrons. The lowest BCUT2D eigenvalue weighted by Crippen LogP contribution is -2.34. The van der Waals surface area contributed by atoms with Crippen molar-refractivity contribution in [2.45, 2.75) is 11.8 Å². The molecule has 0 saturated heterocycles. The molecule has 0 radical (unpaired) electrons. The Morgan fingerprint density at radius 2 is 1.75 bits per heavy atom. The number of benzene rings is 2. The van der Waals surface area contributed by atoms with Gasteiger partial charge in [0.1, 0.15) is 5.75 Å². The van der Waals surface area contributed by atoms with Crippen LogP contribution in [0.4, 0.5) is 11.4 Å². The summed E-state index contributed by atoms with van der Waals surface area (Å²) in [7, 11) is -2.29. The number of hydrogen-bond donors (Lipinski definition) is 4. The maximum atomic E-state index is 12.3. The molecule has 0 heterocycles. The Morgan fingerprint density at radius 1 is 1.07 bits per heavy atom. The van der Waals surface area contributed by atoms with Crippen LogP contribution in [-0.4, -0.2) is 40.4 Å². The van der Waals surface area contributed by atoms with Crippen molar-refractivity contribution in [3.8, 4) is 5.75 Å². The predicted molar refractivity (Wildman–Crippen MR) is 106 cm³/mol. The maximum absolute atomic E-state index is 12.3. The monoisotopic (exact) mass is 406 g/mol. The molecule has 2 rings (SSSR count). The summed E-state index contributed by atoms with van der Waals surface area (Å²) in [5.74, 6) is -0.239. The van der Waals surface area contributed by atoms with Gasteiger partial charge in [-0.3, -0.25) is 9.59 Å². The van der Waals surface area contributed by atoms with Crippen LogP contribution in [0, 0.1) is 0 Å². The number of sulfonamides is 1. The molecule has 2 amide bonds. The first-order valence-electron chi connectivity index (χ1n) is 8.32. The smallest absolute Gasteiger partial charge is 0.251 e. The number of carbonyl (C=O) groups excluding carboxylic acids is 2. The van der Waals surface area contributed by atoms with Gasteiger partial charge in [-0.15, -0.1) is 0 Å². The van der Waals surface area contributed by atoms with E-state index >= 15 is 0 Å². The highest BCUT2D eigenvalue weighted by molar-refractivity contribution is 7.89. The molecule has 2 aromatic carbocycles. The summed E-state index contributed by atoms with van der Waals surface area (Å²) in [5, 5.41) is 5.17. The lowest BCUT2D eigenvalue weighted by Gasteiger charge is -2.10. The fraction of sp³-hybridized carbons (Fsp3) is 0.222. The molecule has 0 bridgehead atoms. The summed E-state index contributed by atoms with van der Waals surface area (Å²) < 4.78 is 32.0. The topological polar surface area (TPSA) is 140 Å². The predicted octanol–water partition coefficient (Wildman–Crippen LogP) is 0.944. The summed E-state index contributed by atoms with van der Waals surface area (Å²) in [6.07, 6.45) is 0. The SMILES string of the molecule is COc1cc(C(=O)NCCNS(=O)(=O)c2ccc(NC(C)=O)cc2)ccc1N. The van der Waals surface area contributed by atoms with Crippen LogP contribution in [0.3, 0.4) is 0 Å². The first kappa shape index (κ1) is 21.2. The number of anilines is 2. The molecule has 0 spiro atoms. The van der Waals surface area contributed by atoms with E-state index in [-0.39, 0.29) is 29.8 Å². The third kappa shape index (κ3) is 5.69. The number of ether oxygens (including phenoxy) is 1. The van der Waals surface area contributed by atoms with Gasteiger partial charge in [-0.2, -0.15) is 0 Å². The Hall–Kier alpha value is -3.11. The fourth-order valence-corrected chi connectivity index (χ4v) is 3.35. The molecule has 28 heavy (non-hydrogen) atoms. The quantitative estimate of drug-likeness (QED) is 0.380. The van der Waals surface area contributed by atoms with Crippen LogP contribution in [0.1, 0.15) is 17.3 Å². The van der Waals surface area contributed by atoms with Crippen LogP contribution in [0.5, 0.6) is 5.75 Å². The highest BCUT2D eigenvalue weighted by Gasteiger charge is 2.14. The number of nitrogen functional groups attached to an aromatic ring is 1. The van der Waals surface area contributed by atoms with Crippen LogP contribution >= 0.6 is 0 Å². The van der Waals surface area contributed by atoms with Crippen molar-refractivity contribution >= 4 is 33.2 Å². The van der Waals surface area contributed by atoms with Gasteiger partial charge < -0.3 is 21.1 Å². The van der Waals surface area contributed by atoms with Crippen LogP contribution in [-0.2, 0) is 14.8 Å². The van der Waals surface area contributed by atoms with Crippen molar-refractivity contribution in [1.82, 2.24) is 10.0 Å². The maximum Gasteiger partial charge on any atom is 0.251 e. The molecule has 0 fully saturated rings. The van der Waals surface area contributed by atoms with Gasteiger partial charge in [0.2, 0.25) is 15.9 Å². The zero-order chi connectivity index (χ0) is 20.7. The minimum Gasteiger partial charge on any atom is -0.495 e. The highest BCUT2D eigenvalue weighted by Crippen LogP contribution is 2.22. The van der Waals surface area contributed by atoms with Gasteiger partial charge in [0, 0.05) is 31.3 Å². The third-order valence-electron chi connectivity index (χ3n) is 3.68. The Labute approximate surface area is 163 Å². The minimum atomic E-state index is -3.73. The van der Waals surface area contributed by atoms with Crippen LogP contribution in [0.25, 0.3) is 0 Å². The van der Waals surface area contributed by atoms with E-state index in [0.717, 1.165) is 0 Å². The molecule has 0 aliphatic heterocycles. The summed E-state index contributed by atoms with van der Waals surface area (Å²) >= 11 is 0. The average Bonchev–Trinajstić information content (AvgIpc) is 2.65. The second-order valence-electron chi connectivity index (χ2n) is 5.82. The van der Waals surface area contributed by atoms with Gasteiger partial charge in [-0.1, -0.05) is 0 Å². The van der Waals surface area contributed by atoms with E-state index in [1.54, 1.807) is 12.1 Å². The zero-order valence-corrected chi connectivity index (χ0v) is 16.3. The molecular formula is C18H22N4O5S. The average molecular weight is 406 g/mol. The summed E-state index contributed by atoms with van der Waals surface area (Å²) in [5.41, 5.74) is 6.96. The lowest BCUT2D eigenvalue weighted by molar-refractivity contribution is -0.114. The van der Waals surface area contributed by atoms with E-state index in [0.29, 0.717) is 22.7 Å². The zero-order valence-electron chi connectivity index (χ0n) is 15.5. The van der Waals surface area contributed by atoms with Crippen molar-refractivity contribution in [1.29, 1.82) is 0 Å². The number of carbonyl (C=O) groups is 2. The van der Waals surface area contributed by atoms with E-state index in [4.69, 9.17) is 10.5 Å². The standard InChI is InChI=1S/C18H22N4O5S/c1-12(23)22-14-4-6-15(7-5-14)28(25,26)21-10-9-20-18(24)13-3-8-16(19)17(11-13)27-2/h3-8,11,21H,9-10,19H2,1-2H3,(H,20,24)(H,22,23). The highest BCUT2D eigenvalue weighted by atomic mass is 32.2. The summed E-state index contributed by atoms with van der Waals surface area (Å²) in [6, 6.07) is 10.4. The van der Waals surface area contributed by atoms with Crippen molar-refractivity contribution in [3.63, 3.8) is 0 Å². The summed E-state index contributed by atoms with van der Waals surface area (Å²) in [6.45, 7) is 1.46. The van der Waals surface area contributed by atoms with E-state index in [2.05, 4.69) is 15.4 Å². The normalized spacial score (nSPS) is 10.9. The molecular weight excluding hydrogens is 384 g/mol.